The molecule has 0 aliphatic carbocycles. The van der Waals surface area contributed by atoms with Crippen molar-refractivity contribution in [1.82, 2.24) is 20.4 Å². The molecular formula is C33H39ClN4O6. The van der Waals surface area contributed by atoms with E-state index >= 15 is 0 Å². The number of aromatic nitrogens is 2. The number of nitrogens with one attached hydrogen (secondary N) is 1. The predicted molar refractivity (Wildman–Crippen MR) is 167 cm³/mol. The van der Waals surface area contributed by atoms with Crippen LogP contribution in [0.2, 0.25) is 5.02 Å². The summed E-state index contributed by atoms with van der Waals surface area (Å²) in [6.45, 7) is 5.48. The number of hydrogen-bond acceptors (Lipinski definition) is 10. The summed E-state index contributed by atoms with van der Waals surface area (Å²) < 4.78 is 12.2. The molecular weight excluding hydrogens is 584 g/mol. The minimum absolute atomic E-state index is 0.300. The zero-order valence-electron chi connectivity index (χ0n) is 25.0. The first-order chi connectivity index (χ1) is 21.3. The maximum atomic E-state index is 9.81. The van der Waals surface area contributed by atoms with Gasteiger partial charge in [0, 0.05) is 25.2 Å². The maximum Gasteiger partial charge on any atom is 0.248 e. The van der Waals surface area contributed by atoms with Gasteiger partial charge in [-0.05, 0) is 71.8 Å². The molecule has 0 spiro atoms. The Bertz CT molecular complexity index is 1570. The number of nitrogens with zero attached hydrogens (tertiary/aromatic N) is 3. The van der Waals surface area contributed by atoms with Crippen LogP contribution in [0.15, 0.2) is 59.0 Å². The van der Waals surface area contributed by atoms with E-state index < -0.39 is 25.4 Å². The number of β-amino-alcohol motifs (C(OH)–C–C–N with tert-alkyl or cyclic N) is 1. The lowest BCUT2D eigenvalue weighted by Gasteiger charge is -2.29. The van der Waals surface area contributed by atoms with E-state index in [-0.39, 0.29) is 6.10 Å². The van der Waals surface area contributed by atoms with E-state index in [0.717, 1.165) is 51.9 Å². The molecule has 1 atom stereocenters. The van der Waals surface area contributed by atoms with Gasteiger partial charge in [0.1, 0.15) is 12.4 Å². The third kappa shape index (κ3) is 7.13. The molecule has 10 nitrogen and oxygen atoms in total. The van der Waals surface area contributed by atoms with Crippen LogP contribution in [0.1, 0.15) is 34.6 Å². The van der Waals surface area contributed by atoms with Crippen molar-refractivity contribution >= 4 is 11.6 Å². The molecule has 0 bridgehead atoms. The summed E-state index contributed by atoms with van der Waals surface area (Å²) >= 11 is 6.53. The van der Waals surface area contributed by atoms with Crippen molar-refractivity contribution in [2.45, 2.75) is 51.6 Å². The van der Waals surface area contributed by atoms with Gasteiger partial charge in [0.2, 0.25) is 11.8 Å². The van der Waals surface area contributed by atoms with Crippen molar-refractivity contribution in [2.24, 2.45) is 0 Å². The summed E-state index contributed by atoms with van der Waals surface area (Å²) in [5.74, 6) is 1.54. The first-order valence-corrected chi connectivity index (χ1v) is 15.0. The lowest BCUT2D eigenvalue weighted by Crippen LogP contribution is -2.54. The Morgan fingerprint density at radius 2 is 1.68 bits per heavy atom. The number of aliphatic hydroxyl groups excluding tert-OH is 4. The van der Waals surface area contributed by atoms with E-state index in [4.69, 9.17) is 20.8 Å². The van der Waals surface area contributed by atoms with Crippen molar-refractivity contribution in [3.63, 3.8) is 0 Å². The highest BCUT2D eigenvalue weighted by atomic mass is 35.5. The Hall–Kier alpha value is -3.35. The Balaban J connectivity index is 1.28. The highest BCUT2D eigenvalue weighted by Crippen LogP contribution is 2.35. The molecule has 11 heteroatoms. The molecule has 1 aliphatic heterocycles. The van der Waals surface area contributed by atoms with E-state index in [1.165, 1.54) is 0 Å². The first kappa shape index (κ1) is 32.1. The van der Waals surface area contributed by atoms with Crippen molar-refractivity contribution in [3.8, 4) is 28.3 Å². The molecule has 0 amide bonds. The Morgan fingerprint density at radius 3 is 2.36 bits per heavy atom. The van der Waals surface area contributed by atoms with Gasteiger partial charge < -0.3 is 34.9 Å². The van der Waals surface area contributed by atoms with Crippen molar-refractivity contribution < 1.29 is 29.6 Å². The molecule has 1 aromatic heterocycles. The van der Waals surface area contributed by atoms with E-state index in [1.54, 1.807) is 12.1 Å². The molecule has 4 aromatic rings. The monoisotopic (exact) mass is 622 g/mol. The molecule has 234 valence electrons. The van der Waals surface area contributed by atoms with Gasteiger partial charge in [-0.15, -0.1) is 10.2 Å². The topological polar surface area (TPSA) is 144 Å². The van der Waals surface area contributed by atoms with Crippen LogP contribution < -0.4 is 10.1 Å². The lowest BCUT2D eigenvalue weighted by atomic mass is 9.91. The number of rotatable bonds is 13. The van der Waals surface area contributed by atoms with Gasteiger partial charge in [0.05, 0.1) is 43.0 Å². The fraction of sp³-hybridized carbons (Fsp3) is 0.394. The van der Waals surface area contributed by atoms with Crippen molar-refractivity contribution in [1.29, 1.82) is 0 Å². The quantitative estimate of drug-likeness (QED) is 0.150. The van der Waals surface area contributed by atoms with Crippen LogP contribution >= 0.6 is 11.6 Å². The molecule has 2 heterocycles. The van der Waals surface area contributed by atoms with E-state index in [0.29, 0.717) is 48.8 Å². The van der Waals surface area contributed by atoms with Gasteiger partial charge in [-0.25, -0.2) is 0 Å². The van der Waals surface area contributed by atoms with Crippen LogP contribution in [0.3, 0.4) is 0 Å². The van der Waals surface area contributed by atoms with Crippen LogP contribution in [0, 0.1) is 13.8 Å². The SMILES string of the molecule is Cc1c(COc2ccc(CNC(CO)(CO)CO)cc2Cl)cccc1-c1cccc(-c2nnc(CN3CC[C@@H](O)C3)o2)c1C. The summed E-state index contributed by atoms with van der Waals surface area (Å²) in [5.41, 5.74) is 5.78. The zero-order chi connectivity index (χ0) is 31.3. The second kappa shape index (κ2) is 14.2. The molecule has 5 rings (SSSR count). The van der Waals surface area contributed by atoms with Crippen molar-refractivity contribution in [3.05, 3.63) is 87.8 Å². The van der Waals surface area contributed by atoms with Gasteiger partial charge in [-0.1, -0.05) is 48.0 Å². The van der Waals surface area contributed by atoms with Crippen LogP contribution in [-0.4, -0.2) is 80.1 Å². The number of aliphatic hydroxyl groups is 4. The molecule has 1 fully saturated rings. The summed E-state index contributed by atoms with van der Waals surface area (Å²) in [4.78, 5) is 2.11. The molecule has 1 aliphatic rings. The second-order valence-corrected chi connectivity index (χ2v) is 11.8. The number of likely N-dealkylation sites (tertiary alicyclic amines) is 1. The minimum Gasteiger partial charge on any atom is -0.487 e. The number of hydrogen-bond donors (Lipinski definition) is 5. The van der Waals surface area contributed by atoms with Crippen LogP contribution in [0.5, 0.6) is 5.75 Å². The molecule has 3 aromatic carbocycles. The van der Waals surface area contributed by atoms with E-state index in [2.05, 4.69) is 46.4 Å². The highest BCUT2D eigenvalue weighted by Gasteiger charge is 2.27. The van der Waals surface area contributed by atoms with Gasteiger partial charge in [0.15, 0.2) is 0 Å². The Morgan fingerprint density at radius 1 is 0.977 bits per heavy atom. The van der Waals surface area contributed by atoms with E-state index in [1.807, 2.05) is 30.3 Å². The van der Waals surface area contributed by atoms with Gasteiger partial charge >= 0.3 is 0 Å². The third-order valence-electron chi connectivity index (χ3n) is 8.33. The third-order valence-corrected chi connectivity index (χ3v) is 8.62. The number of benzene rings is 3. The smallest absolute Gasteiger partial charge is 0.248 e. The first-order valence-electron chi connectivity index (χ1n) is 14.7. The maximum absolute atomic E-state index is 9.81. The molecule has 1 saturated heterocycles. The molecule has 5 N–H and O–H groups in total. The number of halogens is 1. The summed E-state index contributed by atoms with van der Waals surface area (Å²) in [6.07, 6.45) is 0.457. The van der Waals surface area contributed by atoms with E-state index in [9.17, 15) is 20.4 Å². The molecule has 44 heavy (non-hydrogen) atoms. The fourth-order valence-corrected chi connectivity index (χ4v) is 5.66. The Kier molecular flexibility index (Phi) is 10.3. The van der Waals surface area contributed by atoms with Crippen LogP contribution in [0.4, 0.5) is 0 Å². The van der Waals surface area contributed by atoms with Crippen molar-refractivity contribution in [2.75, 3.05) is 32.9 Å². The lowest BCUT2D eigenvalue weighted by molar-refractivity contribution is 0.0414. The normalized spacial score (nSPS) is 15.7. The summed E-state index contributed by atoms with van der Waals surface area (Å²) in [7, 11) is 0. The number of ether oxygens (including phenoxy) is 1. The summed E-state index contributed by atoms with van der Waals surface area (Å²) in [6, 6.07) is 17.6. The Labute approximate surface area is 261 Å². The standard InChI is InChI=1S/C33H39ClN4O6/c1-21-24(17-43-30-10-9-23(13-29(30)34)14-35-33(18-39,19-40)20-41)5-3-6-26(21)27-7-4-8-28(22(27)2)32-37-36-31(44-32)16-38-12-11-25(42)15-38/h3-10,13,25,35,39-42H,11-12,14-20H2,1-2H3/t25-/m1/s1. The predicted octanol–water partition coefficient (Wildman–Crippen LogP) is 3.62. The van der Waals surface area contributed by atoms with Gasteiger partial charge in [0.25, 0.3) is 0 Å². The second-order valence-electron chi connectivity index (χ2n) is 11.4. The van der Waals surface area contributed by atoms with Crippen LogP contribution in [-0.2, 0) is 19.7 Å². The molecule has 0 unspecified atom stereocenters. The van der Waals surface area contributed by atoms with Gasteiger partial charge in [-0.2, -0.15) is 0 Å². The van der Waals surface area contributed by atoms with Crippen LogP contribution in [0.25, 0.3) is 22.6 Å². The molecule has 0 radical (unpaired) electrons. The van der Waals surface area contributed by atoms with Gasteiger partial charge in [-0.3, -0.25) is 4.90 Å². The average molecular weight is 623 g/mol. The minimum atomic E-state index is -1.17. The fourth-order valence-electron chi connectivity index (χ4n) is 5.40. The molecule has 0 saturated carbocycles. The summed E-state index contributed by atoms with van der Waals surface area (Å²) in [5, 5.41) is 50.4. The largest absolute Gasteiger partial charge is 0.487 e. The zero-order valence-corrected chi connectivity index (χ0v) is 25.7. The average Bonchev–Trinajstić information content (AvgIpc) is 3.67. The highest BCUT2D eigenvalue weighted by molar-refractivity contribution is 6.32.